The van der Waals surface area contributed by atoms with Gasteiger partial charge in [-0.25, -0.2) is 4.98 Å². The second-order valence-electron chi connectivity index (χ2n) is 8.86. The van der Waals surface area contributed by atoms with Gasteiger partial charge in [-0.3, -0.25) is 9.89 Å². The van der Waals surface area contributed by atoms with E-state index >= 15 is 0 Å². The van der Waals surface area contributed by atoms with Crippen molar-refractivity contribution in [3.05, 3.63) is 16.1 Å². The topological polar surface area (TPSA) is 47.0 Å². The molecule has 1 N–H and O–H groups in total. The van der Waals surface area contributed by atoms with Gasteiger partial charge >= 0.3 is 0 Å². The molecule has 1 unspecified atom stereocenters. The zero-order chi connectivity index (χ0) is 21.3. The van der Waals surface area contributed by atoms with Crippen molar-refractivity contribution in [2.75, 3.05) is 58.9 Å². The summed E-state index contributed by atoms with van der Waals surface area (Å²) >= 11 is 1.76. The summed E-state index contributed by atoms with van der Waals surface area (Å²) in [5, 5.41) is 6.93. The molecule has 0 spiro atoms. The molecular formula is C23H43IN6S. The van der Waals surface area contributed by atoms with Gasteiger partial charge in [-0.1, -0.05) is 13.8 Å². The standard InChI is InChI=1S/C23H42N6S.HI/c1-5-24-23(29-13-10-21(16-29)15-27(6-2)7-3)25-14-20-8-11-28(12-9-20)17-22-18-30-19(4)26-22;/h18,20-21H,5-17H2,1-4H3,(H,24,25);1H. The Morgan fingerprint density at radius 3 is 2.48 bits per heavy atom. The Morgan fingerprint density at radius 2 is 1.87 bits per heavy atom. The first-order chi connectivity index (χ1) is 14.6. The molecule has 31 heavy (non-hydrogen) atoms. The van der Waals surface area contributed by atoms with E-state index in [4.69, 9.17) is 4.99 Å². The van der Waals surface area contributed by atoms with E-state index in [9.17, 15) is 0 Å². The number of aromatic nitrogens is 1. The molecule has 1 aromatic heterocycles. The molecule has 2 fully saturated rings. The van der Waals surface area contributed by atoms with Crippen LogP contribution in [0.4, 0.5) is 0 Å². The first kappa shape index (κ1) is 26.8. The van der Waals surface area contributed by atoms with Crippen molar-refractivity contribution in [1.82, 2.24) is 25.0 Å². The molecular weight excluding hydrogens is 519 g/mol. The smallest absolute Gasteiger partial charge is 0.193 e. The third-order valence-electron chi connectivity index (χ3n) is 6.59. The van der Waals surface area contributed by atoms with Crippen molar-refractivity contribution >= 4 is 41.3 Å². The van der Waals surface area contributed by atoms with Gasteiger partial charge in [0.15, 0.2) is 5.96 Å². The van der Waals surface area contributed by atoms with Crippen LogP contribution in [0.3, 0.4) is 0 Å². The number of thiazole rings is 1. The average molecular weight is 563 g/mol. The number of piperidine rings is 1. The number of rotatable bonds is 9. The van der Waals surface area contributed by atoms with Crippen molar-refractivity contribution in [2.45, 2.75) is 53.5 Å². The number of nitrogens with zero attached hydrogens (tertiary/aromatic N) is 5. The number of aliphatic imine (C=N–C) groups is 1. The van der Waals surface area contributed by atoms with Gasteiger partial charge in [0.2, 0.25) is 0 Å². The maximum atomic E-state index is 5.07. The normalized spacial score (nSPS) is 21.0. The second kappa shape index (κ2) is 14.0. The molecule has 0 radical (unpaired) electrons. The van der Waals surface area contributed by atoms with Gasteiger partial charge in [0.05, 0.1) is 10.7 Å². The molecule has 2 aliphatic heterocycles. The largest absolute Gasteiger partial charge is 0.357 e. The van der Waals surface area contributed by atoms with Crippen molar-refractivity contribution in [3.8, 4) is 0 Å². The SMILES string of the molecule is CCNC(=NCC1CCN(Cc2csc(C)n2)CC1)N1CCC(CN(CC)CC)C1.I. The first-order valence-corrected chi connectivity index (χ1v) is 12.9. The monoisotopic (exact) mass is 562 g/mol. The van der Waals surface area contributed by atoms with E-state index in [0.29, 0.717) is 5.92 Å². The van der Waals surface area contributed by atoms with E-state index in [2.05, 4.69) is 58.1 Å². The van der Waals surface area contributed by atoms with Gasteiger partial charge in [0.1, 0.15) is 0 Å². The quantitative estimate of drug-likeness (QED) is 0.281. The van der Waals surface area contributed by atoms with Crippen molar-refractivity contribution in [2.24, 2.45) is 16.8 Å². The summed E-state index contributed by atoms with van der Waals surface area (Å²) in [5.41, 5.74) is 1.23. The molecule has 8 heteroatoms. The van der Waals surface area contributed by atoms with Crippen LogP contribution in [-0.2, 0) is 6.54 Å². The second-order valence-corrected chi connectivity index (χ2v) is 9.92. The molecule has 0 bridgehead atoms. The molecule has 1 atom stereocenters. The predicted molar refractivity (Wildman–Crippen MR) is 144 cm³/mol. The molecule has 0 aliphatic carbocycles. The first-order valence-electron chi connectivity index (χ1n) is 12.0. The van der Waals surface area contributed by atoms with E-state index in [0.717, 1.165) is 57.7 Å². The molecule has 178 valence electrons. The number of hydrogen-bond acceptors (Lipinski definition) is 5. The fourth-order valence-electron chi connectivity index (χ4n) is 4.70. The van der Waals surface area contributed by atoms with Crippen molar-refractivity contribution < 1.29 is 0 Å². The van der Waals surface area contributed by atoms with Gasteiger partial charge in [0.25, 0.3) is 0 Å². The highest BCUT2D eigenvalue weighted by atomic mass is 127. The van der Waals surface area contributed by atoms with Gasteiger partial charge in [-0.15, -0.1) is 35.3 Å². The number of hydrogen-bond donors (Lipinski definition) is 1. The summed E-state index contributed by atoms with van der Waals surface area (Å²) in [5.74, 6) is 2.62. The summed E-state index contributed by atoms with van der Waals surface area (Å²) in [4.78, 5) is 17.3. The Balaban J connectivity index is 0.00000341. The number of guanidine groups is 1. The molecule has 2 aliphatic rings. The maximum Gasteiger partial charge on any atom is 0.193 e. The molecule has 0 saturated carbocycles. The van der Waals surface area contributed by atoms with Gasteiger partial charge in [0, 0.05) is 44.6 Å². The Bertz CT molecular complexity index is 654. The van der Waals surface area contributed by atoms with Crippen molar-refractivity contribution in [3.63, 3.8) is 0 Å². The lowest BCUT2D eigenvalue weighted by Gasteiger charge is -2.31. The van der Waals surface area contributed by atoms with Crippen LogP contribution in [0.2, 0.25) is 0 Å². The minimum Gasteiger partial charge on any atom is -0.357 e. The van der Waals surface area contributed by atoms with Crippen LogP contribution < -0.4 is 5.32 Å². The number of nitrogens with one attached hydrogen (secondary N) is 1. The van der Waals surface area contributed by atoms with E-state index in [-0.39, 0.29) is 24.0 Å². The third kappa shape index (κ3) is 8.44. The van der Waals surface area contributed by atoms with E-state index < -0.39 is 0 Å². The zero-order valence-corrected chi connectivity index (χ0v) is 23.1. The summed E-state index contributed by atoms with van der Waals surface area (Å²) in [6.07, 6.45) is 3.78. The lowest BCUT2D eigenvalue weighted by Crippen LogP contribution is -2.41. The Labute approximate surface area is 210 Å². The highest BCUT2D eigenvalue weighted by Crippen LogP contribution is 2.21. The van der Waals surface area contributed by atoms with Crippen molar-refractivity contribution in [1.29, 1.82) is 0 Å². The average Bonchev–Trinajstić information content (AvgIpc) is 3.39. The van der Waals surface area contributed by atoms with Crippen LogP contribution in [0.25, 0.3) is 0 Å². The molecule has 3 heterocycles. The fraction of sp³-hybridized carbons (Fsp3) is 0.826. The summed E-state index contributed by atoms with van der Waals surface area (Å²) in [7, 11) is 0. The lowest BCUT2D eigenvalue weighted by atomic mass is 9.97. The summed E-state index contributed by atoms with van der Waals surface area (Å²) < 4.78 is 0. The number of likely N-dealkylation sites (tertiary alicyclic amines) is 2. The molecule has 6 nitrogen and oxygen atoms in total. The summed E-state index contributed by atoms with van der Waals surface area (Å²) in [6, 6.07) is 0. The predicted octanol–water partition coefficient (Wildman–Crippen LogP) is 3.91. The van der Waals surface area contributed by atoms with Gasteiger partial charge < -0.3 is 15.1 Å². The molecule has 3 rings (SSSR count). The van der Waals surface area contributed by atoms with Crippen LogP contribution in [0.1, 0.15) is 50.7 Å². The van der Waals surface area contributed by atoms with Gasteiger partial charge in [-0.2, -0.15) is 0 Å². The van der Waals surface area contributed by atoms with Crippen LogP contribution in [0.15, 0.2) is 10.4 Å². The highest BCUT2D eigenvalue weighted by Gasteiger charge is 2.26. The maximum absolute atomic E-state index is 5.07. The lowest BCUT2D eigenvalue weighted by molar-refractivity contribution is 0.179. The fourth-order valence-corrected chi connectivity index (χ4v) is 5.30. The Hall–Kier alpha value is -0.450. The van der Waals surface area contributed by atoms with E-state index in [1.807, 2.05) is 0 Å². The zero-order valence-electron chi connectivity index (χ0n) is 20.0. The molecule has 0 aromatic carbocycles. The van der Waals surface area contributed by atoms with Crippen LogP contribution in [0.5, 0.6) is 0 Å². The van der Waals surface area contributed by atoms with Crippen LogP contribution >= 0.6 is 35.3 Å². The van der Waals surface area contributed by atoms with Crippen LogP contribution in [0, 0.1) is 18.8 Å². The van der Waals surface area contributed by atoms with E-state index in [1.165, 1.54) is 49.6 Å². The van der Waals surface area contributed by atoms with Crippen LogP contribution in [-0.4, -0.2) is 84.5 Å². The number of halogens is 1. The Morgan fingerprint density at radius 1 is 1.16 bits per heavy atom. The molecule has 2 saturated heterocycles. The van der Waals surface area contributed by atoms with E-state index in [1.54, 1.807) is 11.3 Å². The Kier molecular flexibility index (Phi) is 12.1. The minimum absolute atomic E-state index is 0. The minimum atomic E-state index is 0. The third-order valence-corrected chi connectivity index (χ3v) is 7.41. The highest BCUT2D eigenvalue weighted by molar-refractivity contribution is 14.0. The summed E-state index contributed by atoms with van der Waals surface area (Å²) in [6.45, 7) is 19.9. The molecule has 0 amide bonds. The number of aryl methyl sites for hydroxylation is 1. The van der Waals surface area contributed by atoms with Gasteiger partial charge in [-0.05, 0) is 71.1 Å². The molecule has 1 aromatic rings.